The zero-order chi connectivity index (χ0) is 27.0. The lowest BCUT2D eigenvalue weighted by Gasteiger charge is -2.45. The van der Waals surface area contributed by atoms with E-state index in [0.717, 1.165) is 0 Å². The van der Waals surface area contributed by atoms with Crippen LogP contribution in [-0.2, 0) is 24.4 Å². The van der Waals surface area contributed by atoms with Crippen molar-refractivity contribution in [3.05, 3.63) is 12.2 Å². The Morgan fingerprint density at radius 1 is 0.941 bits per heavy atom. The normalized spacial score (nSPS) is 18.1. The maximum atomic E-state index is 13.3. The summed E-state index contributed by atoms with van der Waals surface area (Å²) in [7, 11) is -6.52. The molecule has 7 nitrogen and oxygen atoms in total. The van der Waals surface area contributed by atoms with Crippen molar-refractivity contribution in [2.75, 3.05) is 13.2 Å². The number of hydrogen-bond acceptors (Lipinski definition) is 6. The Morgan fingerprint density at radius 3 is 1.76 bits per heavy atom. The third kappa shape index (κ3) is 5.43. The van der Waals surface area contributed by atoms with Crippen LogP contribution in [0.4, 0.5) is 43.9 Å². The highest BCUT2D eigenvalue weighted by Gasteiger charge is 2.81. The average molecular weight is 544 g/mol. The smallest absolute Gasteiger partial charge is 0.431 e. The van der Waals surface area contributed by atoms with Crippen molar-refractivity contribution < 1.29 is 76.2 Å². The van der Waals surface area contributed by atoms with Crippen molar-refractivity contribution in [3.63, 3.8) is 0 Å². The van der Waals surface area contributed by atoms with Crippen molar-refractivity contribution in [1.29, 1.82) is 0 Å². The van der Waals surface area contributed by atoms with E-state index in [1.54, 1.807) is 0 Å². The number of ether oxygens (including phenoxy) is 2. The van der Waals surface area contributed by atoms with Crippen molar-refractivity contribution >= 4 is 16.1 Å². The number of esters is 1. The van der Waals surface area contributed by atoms with Crippen molar-refractivity contribution in [2.45, 2.75) is 66.8 Å². The molecule has 200 valence electrons. The molecule has 0 unspecified atom stereocenters. The van der Waals surface area contributed by atoms with E-state index < -0.39 is 88.9 Å². The van der Waals surface area contributed by atoms with E-state index >= 15 is 0 Å². The van der Waals surface area contributed by atoms with E-state index in [2.05, 4.69) is 16.1 Å². The summed E-state index contributed by atoms with van der Waals surface area (Å²) in [4.78, 5) is 12.1. The van der Waals surface area contributed by atoms with Gasteiger partial charge in [-0.3, -0.25) is 4.55 Å². The Kier molecular flexibility index (Phi) is 8.41. The molecular weight excluding hydrogens is 526 g/mol. The van der Waals surface area contributed by atoms with Gasteiger partial charge in [-0.05, 0) is 25.7 Å². The fourth-order valence-electron chi connectivity index (χ4n) is 3.20. The van der Waals surface area contributed by atoms with E-state index in [4.69, 9.17) is 4.55 Å². The molecule has 34 heavy (non-hydrogen) atoms. The van der Waals surface area contributed by atoms with Gasteiger partial charge in [-0.2, -0.15) is 52.3 Å². The van der Waals surface area contributed by atoms with Crippen LogP contribution < -0.4 is 0 Å². The fourth-order valence-corrected chi connectivity index (χ4v) is 3.68. The third-order valence-corrected chi connectivity index (χ3v) is 6.00. The molecule has 0 radical (unpaired) electrons. The van der Waals surface area contributed by atoms with Gasteiger partial charge >= 0.3 is 39.6 Å². The van der Waals surface area contributed by atoms with Gasteiger partial charge in [0.15, 0.2) is 5.60 Å². The monoisotopic (exact) mass is 544 g/mol. The minimum absolute atomic E-state index is 0.290. The molecule has 1 aliphatic carbocycles. The second-order valence-electron chi connectivity index (χ2n) is 7.40. The Hall–Kier alpha value is -1.66. The van der Waals surface area contributed by atoms with Gasteiger partial charge in [0.2, 0.25) is 0 Å². The van der Waals surface area contributed by atoms with Crippen LogP contribution in [0.25, 0.3) is 0 Å². The standard InChI is InChI=1S/C16H18F10O7S/c1-9(8-32-7-6-12(17,18)16(25,26)34(29,30)31)10(27)33-11(4-2-3-5-11)13(28,14(19,20)21)15(22,23)24/h28H,1-8H2,(H,29,30,31). The number of halogens is 10. The van der Waals surface area contributed by atoms with Crippen LogP contribution in [-0.4, -0.2) is 72.0 Å². The predicted molar refractivity (Wildman–Crippen MR) is 90.4 cm³/mol. The van der Waals surface area contributed by atoms with Crippen molar-refractivity contribution in [2.24, 2.45) is 0 Å². The minimum Gasteiger partial charge on any atom is -0.452 e. The van der Waals surface area contributed by atoms with E-state index in [9.17, 15) is 62.2 Å². The molecule has 1 aliphatic rings. The number of carbonyl (C=O) groups is 1. The lowest BCUT2D eigenvalue weighted by Crippen LogP contribution is -2.71. The van der Waals surface area contributed by atoms with Gasteiger partial charge < -0.3 is 14.6 Å². The molecule has 1 fully saturated rings. The molecule has 0 bridgehead atoms. The molecule has 0 atom stereocenters. The molecule has 1 rings (SSSR count). The summed E-state index contributed by atoms with van der Waals surface area (Å²) in [6, 6.07) is 0. The molecule has 2 N–H and O–H groups in total. The molecule has 0 aliphatic heterocycles. The second kappa shape index (κ2) is 9.42. The van der Waals surface area contributed by atoms with E-state index in [0.29, 0.717) is 0 Å². The van der Waals surface area contributed by atoms with Crippen LogP contribution in [0.5, 0.6) is 0 Å². The molecule has 1 saturated carbocycles. The van der Waals surface area contributed by atoms with Crippen LogP contribution >= 0.6 is 0 Å². The Labute approximate surface area is 185 Å². The number of alkyl halides is 10. The van der Waals surface area contributed by atoms with Crippen molar-refractivity contribution in [1.82, 2.24) is 0 Å². The van der Waals surface area contributed by atoms with Gasteiger partial charge in [0.25, 0.3) is 5.60 Å². The highest BCUT2D eigenvalue weighted by atomic mass is 32.2. The summed E-state index contributed by atoms with van der Waals surface area (Å²) in [5.74, 6) is -7.28. The summed E-state index contributed by atoms with van der Waals surface area (Å²) in [6.45, 7) is 0.319. The first kappa shape index (κ1) is 30.4. The first-order valence-electron chi connectivity index (χ1n) is 9.04. The van der Waals surface area contributed by atoms with Crippen molar-refractivity contribution in [3.8, 4) is 0 Å². The maximum absolute atomic E-state index is 13.3. The van der Waals surface area contributed by atoms with Gasteiger partial charge in [-0.25, -0.2) is 4.79 Å². The largest absolute Gasteiger partial charge is 0.452 e. The van der Waals surface area contributed by atoms with Gasteiger partial charge in [-0.1, -0.05) is 6.58 Å². The Balaban J connectivity index is 2.92. The highest BCUT2D eigenvalue weighted by molar-refractivity contribution is 7.87. The first-order chi connectivity index (χ1) is 15.0. The molecular formula is C16H18F10O7S. The quantitative estimate of drug-likeness (QED) is 0.142. The zero-order valence-corrected chi connectivity index (χ0v) is 17.6. The molecule has 0 spiro atoms. The van der Waals surface area contributed by atoms with E-state index in [1.807, 2.05) is 0 Å². The summed E-state index contributed by atoms with van der Waals surface area (Å²) in [6.07, 6.45) is -17.3. The number of hydrogen-bond donors (Lipinski definition) is 2. The topological polar surface area (TPSA) is 110 Å². The molecule has 0 aromatic heterocycles. The molecule has 18 heteroatoms. The lowest BCUT2D eigenvalue weighted by molar-refractivity contribution is -0.411. The summed E-state index contributed by atoms with van der Waals surface area (Å²) in [5, 5.41) is 3.79. The molecule has 0 aromatic carbocycles. The zero-order valence-electron chi connectivity index (χ0n) is 16.8. The first-order valence-corrected chi connectivity index (χ1v) is 10.5. The van der Waals surface area contributed by atoms with Gasteiger partial charge in [0.05, 0.1) is 18.8 Å². The Morgan fingerprint density at radius 2 is 1.38 bits per heavy atom. The fraction of sp³-hybridized carbons (Fsp3) is 0.812. The van der Waals surface area contributed by atoms with Crippen LogP contribution in [0, 0.1) is 0 Å². The summed E-state index contributed by atoms with van der Waals surface area (Å²) in [5.41, 5.74) is -9.97. The third-order valence-electron chi connectivity index (χ3n) is 5.05. The minimum atomic E-state index is -6.52. The number of carbonyl (C=O) groups excluding carboxylic acids is 1. The van der Waals surface area contributed by atoms with Gasteiger partial charge in [0, 0.05) is 6.42 Å². The van der Waals surface area contributed by atoms with E-state index in [-0.39, 0.29) is 12.8 Å². The Bertz CT molecular complexity index is 860. The van der Waals surface area contributed by atoms with Crippen LogP contribution in [0.3, 0.4) is 0 Å². The molecule has 0 heterocycles. The molecule has 0 amide bonds. The average Bonchev–Trinajstić information content (AvgIpc) is 3.11. The maximum Gasteiger partial charge on any atom is 0.431 e. The number of aliphatic hydroxyl groups is 1. The predicted octanol–water partition coefficient (Wildman–Crippen LogP) is 3.78. The summed E-state index contributed by atoms with van der Waals surface area (Å²) < 4.78 is 170. The van der Waals surface area contributed by atoms with Crippen LogP contribution in [0.1, 0.15) is 32.1 Å². The highest BCUT2D eigenvalue weighted by Crippen LogP contribution is 2.56. The van der Waals surface area contributed by atoms with E-state index in [1.165, 1.54) is 0 Å². The van der Waals surface area contributed by atoms with Gasteiger partial charge in [-0.15, -0.1) is 0 Å². The second-order valence-corrected chi connectivity index (χ2v) is 8.86. The summed E-state index contributed by atoms with van der Waals surface area (Å²) >= 11 is 0. The molecule has 0 saturated heterocycles. The van der Waals surface area contributed by atoms with Crippen LogP contribution in [0.15, 0.2) is 12.2 Å². The van der Waals surface area contributed by atoms with Crippen LogP contribution in [0.2, 0.25) is 0 Å². The SMILES string of the molecule is C=C(COCCC(F)(F)C(F)(F)S(=O)(=O)O)C(=O)OC1(C(O)(C(F)(F)F)C(F)(F)F)CCCC1. The number of rotatable bonds is 10. The molecule has 0 aromatic rings. The lowest BCUT2D eigenvalue weighted by atomic mass is 9.79. The van der Waals surface area contributed by atoms with Gasteiger partial charge in [0.1, 0.15) is 0 Å².